The lowest BCUT2D eigenvalue weighted by atomic mass is 9.87. The third kappa shape index (κ3) is 1.84. The molecule has 0 unspecified atom stereocenters. The van der Waals surface area contributed by atoms with Gasteiger partial charge in [0.05, 0.1) is 11.0 Å². The second-order valence-electron chi connectivity index (χ2n) is 3.96. The number of rotatable bonds is 0. The first-order chi connectivity index (χ1) is 6.00. The van der Waals surface area contributed by atoms with Crippen molar-refractivity contribution in [1.29, 1.82) is 0 Å². The van der Waals surface area contributed by atoms with Crippen LogP contribution in [0.25, 0.3) is 0 Å². The number of alkyl halides is 2. The van der Waals surface area contributed by atoms with Crippen LogP contribution in [0.2, 0.25) is 0 Å². The number of fused-ring (bicyclic) bond motifs is 1. The van der Waals surface area contributed by atoms with E-state index in [1.807, 2.05) is 0 Å². The average Bonchev–Trinajstić information content (AvgIpc) is 2.31. The summed E-state index contributed by atoms with van der Waals surface area (Å²) in [5, 5.41) is -0.0642. The summed E-state index contributed by atoms with van der Waals surface area (Å²) in [6.45, 7) is 0. The molecule has 0 spiro atoms. The molecule has 13 heavy (non-hydrogen) atoms. The summed E-state index contributed by atoms with van der Waals surface area (Å²) in [6.07, 6.45) is 2.65. The van der Waals surface area contributed by atoms with Crippen LogP contribution in [0.15, 0.2) is 0 Å². The van der Waals surface area contributed by atoms with Gasteiger partial charge < -0.3 is 0 Å². The van der Waals surface area contributed by atoms with Gasteiger partial charge in [-0.3, -0.25) is 0 Å². The fourth-order valence-electron chi connectivity index (χ4n) is 2.36. The Labute approximate surface area is 95.6 Å². The van der Waals surface area contributed by atoms with Crippen LogP contribution < -0.4 is 0 Å². The standard InChI is InChI=1S/C8H12Br2O2S/c9-6-3-5-1-2-13(11,12)8(5)4-7(6)10/h5-8H,1-4H2/t5-,6+,7+,8+/m1/s1. The molecule has 0 N–H and O–H groups in total. The highest BCUT2D eigenvalue weighted by atomic mass is 79.9. The maximum absolute atomic E-state index is 11.6. The van der Waals surface area contributed by atoms with Crippen LogP contribution in [0, 0.1) is 5.92 Å². The zero-order valence-corrected chi connectivity index (χ0v) is 11.1. The van der Waals surface area contributed by atoms with Crippen molar-refractivity contribution in [1.82, 2.24) is 0 Å². The van der Waals surface area contributed by atoms with E-state index < -0.39 is 9.84 Å². The minimum atomic E-state index is -2.75. The molecule has 2 nitrogen and oxygen atoms in total. The van der Waals surface area contributed by atoms with Gasteiger partial charge in [0.2, 0.25) is 0 Å². The zero-order chi connectivity index (χ0) is 9.64. The molecule has 0 aromatic heterocycles. The van der Waals surface area contributed by atoms with E-state index in [1.54, 1.807) is 0 Å². The van der Waals surface area contributed by atoms with Crippen molar-refractivity contribution in [3.8, 4) is 0 Å². The highest BCUT2D eigenvalue weighted by Crippen LogP contribution is 2.42. The first kappa shape index (κ1) is 10.4. The molecule has 0 aromatic rings. The van der Waals surface area contributed by atoms with E-state index in [2.05, 4.69) is 31.9 Å². The van der Waals surface area contributed by atoms with Crippen molar-refractivity contribution < 1.29 is 8.42 Å². The molecule has 1 aliphatic carbocycles. The highest BCUT2D eigenvalue weighted by Gasteiger charge is 2.45. The summed E-state index contributed by atoms with van der Waals surface area (Å²) >= 11 is 7.12. The molecule has 0 aromatic carbocycles. The Hall–Kier alpha value is 0.910. The predicted molar refractivity (Wildman–Crippen MR) is 60.3 cm³/mol. The topological polar surface area (TPSA) is 34.1 Å². The van der Waals surface area contributed by atoms with E-state index in [0.717, 1.165) is 19.3 Å². The highest BCUT2D eigenvalue weighted by molar-refractivity contribution is 9.12. The predicted octanol–water partition coefficient (Wildman–Crippen LogP) is 2.11. The second kappa shape index (κ2) is 3.49. The molecule has 76 valence electrons. The lowest BCUT2D eigenvalue weighted by Gasteiger charge is -2.31. The van der Waals surface area contributed by atoms with Gasteiger partial charge in [-0.25, -0.2) is 8.42 Å². The Kier molecular flexibility index (Phi) is 2.80. The van der Waals surface area contributed by atoms with Gasteiger partial charge in [-0.2, -0.15) is 0 Å². The SMILES string of the molecule is O=S1(=O)CC[C@@H]2C[C@H](Br)[C@@H](Br)C[C@@H]21. The van der Waals surface area contributed by atoms with E-state index in [4.69, 9.17) is 0 Å². The largest absolute Gasteiger partial charge is 0.229 e. The Morgan fingerprint density at radius 1 is 1.08 bits per heavy atom. The first-order valence-corrected chi connectivity index (χ1v) is 8.05. The van der Waals surface area contributed by atoms with Crippen LogP contribution in [0.4, 0.5) is 0 Å². The first-order valence-electron chi connectivity index (χ1n) is 4.50. The van der Waals surface area contributed by atoms with E-state index >= 15 is 0 Å². The van der Waals surface area contributed by atoms with Crippen LogP contribution in [0.3, 0.4) is 0 Å². The zero-order valence-electron chi connectivity index (χ0n) is 7.12. The Morgan fingerprint density at radius 2 is 1.69 bits per heavy atom. The lowest BCUT2D eigenvalue weighted by molar-refractivity contribution is 0.392. The van der Waals surface area contributed by atoms with Crippen LogP contribution in [-0.2, 0) is 9.84 Å². The average molecular weight is 332 g/mol. The van der Waals surface area contributed by atoms with Gasteiger partial charge in [-0.1, -0.05) is 31.9 Å². The minimum absolute atomic E-state index is 0.0642. The lowest BCUT2D eigenvalue weighted by Crippen LogP contribution is -2.36. The molecule has 0 amide bonds. The van der Waals surface area contributed by atoms with Gasteiger partial charge in [0.25, 0.3) is 0 Å². The molecule has 2 rings (SSSR count). The molecule has 1 saturated carbocycles. The molecule has 5 heteroatoms. The van der Waals surface area contributed by atoms with Gasteiger partial charge >= 0.3 is 0 Å². The summed E-state index contributed by atoms with van der Waals surface area (Å²) in [5.74, 6) is 0.810. The molecule has 2 fully saturated rings. The van der Waals surface area contributed by atoms with Gasteiger partial charge in [0, 0.05) is 9.65 Å². The number of sulfone groups is 1. The van der Waals surface area contributed by atoms with Gasteiger partial charge in [0.15, 0.2) is 9.84 Å². The van der Waals surface area contributed by atoms with Gasteiger partial charge in [0.1, 0.15) is 0 Å². The molecule has 1 heterocycles. The van der Waals surface area contributed by atoms with E-state index in [9.17, 15) is 8.42 Å². The quantitative estimate of drug-likeness (QED) is 0.637. The molecule has 2 aliphatic rings. The maximum atomic E-state index is 11.6. The van der Waals surface area contributed by atoms with Crippen molar-refractivity contribution in [2.45, 2.75) is 34.2 Å². The van der Waals surface area contributed by atoms with E-state index in [0.29, 0.717) is 21.3 Å². The molecule has 1 saturated heterocycles. The smallest absolute Gasteiger partial charge is 0.153 e. The number of hydrogen-bond donors (Lipinski definition) is 0. The summed E-state index contributed by atoms with van der Waals surface area (Å²) in [7, 11) is -2.75. The number of halogens is 2. The van der Waals surface area contributed by atoms with Crippen LogP contribution in [0.1, 0.15) is 19.3 Å². The normalized spacial score (nSPS) is 48.8. The van der Waals surface area contributed by atoms with Crippen molar-refractivity contribution in [3.05, 3.63) is 0 Å². The summed E-state index contributed by atoms with van der Waals surface area (Å²) in [4.78, 5) is 0.767. The maximum Gasteiger partial charge on any atom is 0.153 e. The monoisotopic (exact) mass is 330 g/mol. The molecule has 0 radical (unpaired) electrons. The fourth-order valence-corrected chi connectivity index (χ4v) is 6.19. The summed E-state index contributed by atoms with van der Waals surface area (Å²) in [6, 6.07) is 0. The van der Waals surface area contributed by atoms with Crippen LogP contribution in [0.5, 0.6) is 0 Å². The van der Waals surface area contributed by atoms with Crippen molar-refractivity contribution >= 4 is 41.7 Å². The third-order valence-corrected chi connectivity index (χ3v) is 8.18. The molecule has 4 atom stereocenters. The molecular weight excluding hydrogens is 320 g/mol. The van der Waals surface area contributed by atoms with Crippen molar-refractivity contribution in [2.75, 3.05) is 5.75 Å². The van der Waals surface area contributed by atoms with Gasteiger partial charge in [-0.15, -0.1) is 0 Å². The van der Waals surface area contributed by atoms with Crippen molar-refractivity contribution in [3.63, 3.8) is 0 Å². The minimum Gasteiger partial charge on any atom is -0.229 e. The van der Waals surface area contributed by atoms with E-state index in [-0.39, 0.29) is 5.25 Å². The number of hydrogen-bond acceptors (Lipinski definition) is 2. The fraction of sp³-hybridized carbons (Fsp3) is 1.00. The van der Waals surface area contributed by atoms with Crippen LogP contribution >= 0.6 is 31.9 Å². The summed E-state index contributed by atoms with van der Waals surface area (Å²) in [5.41, 5.74) is 0. The molecule has 1 aliphatic heterocycles. The second-order valence-corrected chi connectivity index (χ2v) is 8.65. The third-order valence-electron chi connectivity index (χ3n) is 3.14. The van der Waals surface area contributed by atoms with Crippen molar-refractivity contribution in [2.24, 2.45) is 5.92 Å². The summed E-state index contributed by atoms with van der Waals surface area (Å²) < 4.78 is 23.2. The Morgan fingerprint density at radius 3 is 2.38 bits per heavy atom. The molecular formula is C8H12Br2O2S. The van der Waals surface area contributed by atoms with Crippen LogP contribution in [-0.4, -0.2) is 29.1 Å². The Balaban J connectivity index is 2.21. The van der Waals surface area contributed by atoms with E-state index in [1.165, 1.54) is 0 Å². The van der Waals surface area contributed by atoms with Gasteiger partial charge in [-0.05, 0) is 25.2 Å². The Bertz CT molecular complexity index is 301. The molecule has 0 bridgehead atoms.